The Bertz CT molecular complexity index is 2940. The molecule has 0 bridgehead atoms. The van der Waals surface area contributed by atoms with E-state index in [0.717, 1.165) is 68.4 Å². The van der Waals surface area contributed by atoms with Gasteiger partial charge >= 0.3 is 0 Å². The number of carbonyl (C=O) groups is 1. The third-order valence-electron chi connectivity index (χ3n) is 10.7. The van der Waals surface area contributed by atoms with Crippen LogP contribution in [0.1, 0.15) is 32.6 Å². The summed E-state index contributed by atoms with van der Waals surface area (Å²) in [5, 5.41) is 4.85. The zero-order valence-electron chi connectivity index (χ0n) is 33.2. The lowest BCUT2D eigenvalue weighted by Crippen LogP contribution is -2.09. The van der Waals surface area contributed by atoms with Gasteiger partial charge in [-0.25, -0.2) is 0 Å². The number of carbonyl (C=O) groups excluding carboxylic acids is 1. The summed E-state index contributed by atoms with van der Waals surface area (Å²) in [4.78, 5) is 15.7. The van der Waals surface area contributed by atoms with Crippen molar-refractivity contribution < 1.29 is 9.53 Å². The monoisotopic (exact) mass is 774 g/mol. The van der Waals surface area contributed by atoms with Crippen molar-refractivity contribution in [2.75, 3.05) is 16.9 Å². The molecule has 0 N–H and O–H groups in total. The van der Waals surface area contributed by atoms with E-state index >= 15 is 0 Å². The van der Waals surface area contributed by atoms with Gasteiger partial charge in [0.1, 0.15) is 12.0 Å². The quantitative estimate of drug-likeness (QED) is 0.0703. The fourth-order valence-corrected chi connectivity index (χ4v) is 7.58. The van der Waals surface area contributed by atoms with Crippen molar-refractivity contribution in [1.82, 2.24) is 0 Å². The van der Waals surface area contributed by atoms with Crippen LogP contribution < -0.4 is 14.5 Å². The molecule has 0 aliphatic carbocycles. The van der Waals surface area contributed by atoms with Gasteiger partial charge < -0.3 is 14.5 Å². The summed E-state index contributed by atoms with van der Waals surface area (Å²) in [5.74, 6) is 0.834. The molecule has 0 atom stereocenters. The summed E-state index contributed by atoms with van der Waals surface area (Å²) in [6, 6.07) is 71.6. The second kappa shape index (κ2) is 17.3. The van der Waals surface area contributed by atoms with Crippen LogP contribution in [0.2, 0.25) is 0 Å². The lowest BCUT2D eigenvalue weighted by Gasteiger charge is -2.25. The second-order valence-electron chi connectivity index (χ2n) is 14.7. The third-order valence-corrected chi connectivity index (χ3v) is 10.7. The molecule has 0 spiro atoms. The van der Waals surface area contributed by atoms with E-state index in [1.807, 2.05) is 60.7 Å². The standard InChI is InChI=1S/C56H42N2O2/c1-60-56-34-32-55(33-35-56)58(51-10-6-3-7-11-51)53-28-20-42(21-29-53)13-15-44-17-25-47-38-48-36-43(16-24-46(48)39-49(47)37-44)14-12-41-18-26-52(27-19-41)57(50-8-4-2-5-9-50)54-30-22-45(40-59)23-31-54/h2-40H,1H3. The maximum atomic E-state index is 11.3. The van der Waals surface area contributed by atoms with Crippen molar-refractivity contribution in [1.29, 1.82) is 0 Å². The van der Waals surface area contributed by atoms with Crippen molar-refractivity contribution in [2.24, 2.45) is 0 Å². The molecular weight excluding hydrogens is 733 g/mol. The van der Waals surface area contributed by atoms with Gasteiger partial charge in [-0.3, -0.25) is 4.79 Å². The third kappa shape index (κ3) is 8.36. The van der Waals surface area contributed by atoms with Crippen LogP contribution in [0.4, 0.5) is 34.1 Å². The average molecular weight is 775 g/mol. The number of ether oxygens (including phenoxy) is 1. The molecule has 9 aromatic carbocycles. The van der Waals surface area contributed by atoms with E-state index in [0.29, 0.717) is 5.56 Å². The normalized spacial score (nSPS) is 11.3. The fraction of sp³-hybridized carbons (Fsp3) is 0.0179. The summed E-state index contributed by atoms with van der Waals surface area (Å²) in [7, 11) is 1.69. The van der Waals surface area contributed by atoms with Gasteiger partial charge in [0.25, 0.3) is 0 Å². The molecule has 4 heteroatoms. The summed E-state index contributed by atoms with van der Waals surface area (Å²) in [5.41, 5.74) is 11.5. The lowest BCUT2D eigenvalue weighted by molar-refractivity contribution is 0.112. The smallest absolute Gasteiger partial charge is 0.150 e. The number of rotatable bonds is 12. The molecule has 0 saturated heterocycles. The van der Waals surface area contributed by atoms with Gasteiger partial charge in [-0.2, -0.15) is 0 Å². The molecule has 0 fully saturated rings. The zero-order chi connectivity index (χ0) is 40.7. The van der Waals surface area contributed by atoms with Gasteiger partial charge in [0.15, 0.2) is 0 Å². The highest BCUT2D eigenvalue weighted by atomic mass is 16.5. The maximum Gasteiger partial charge on any atom is 0.150 e. The summed E-state index contributed by atoms with van der Waals surface area (Å²) < 4.78 is 5.40. The molecule has 0 saturated carbocycles. The molecule has 288 valence electrons. The predicted octanol–water partition coefficient (Wildman–Crippen LogP) is 15.1. The Balaban J connectivity index is 0.898. The molecule has 0 aliphatic rings. The van der Waals surface area contributed by atoms with E-state index in [1.54, 1.807) is 7.11 Å². The topological polar surface area (TPSA) is 32.8 Å². The fourth-order valence-electron chi connectivity index (χ4n) is 7.58. The van der Waals surface area contributed by atoms with Gasteiger partial charge in [-0.15, -0.1) is 0 Å². The summed E-state index contributed by atoms with van der Waals surface area (Å²) in [6.45, 7) is 0. The van der Waals surface area contributed by atoms with E-state index < -0.39 is 0 Å². The van der Waals surface area contributed by atoms with Crippen LogP contribution in [0.5, 0.6) is 5.75 Å². The van der Waals surface area contributed by atoms with Crippen LogP contribution in [-0.4, -0.2) is 13.4 Å². The summed E-state index contributed by atoms with van der Waals surface area (Å²) >= 11 is 0. The molecular formula is C56H42N2O2. The molecule has 0 heterocycles. The average Bonchev–Trinajstić information content (AvgIpc) is 3.31. The molecule has 0 radical (unpaired) electrons. The van der Waals surface area contributed by atoms with E-state index in [-0.39, 0.29) is 0 Å². The van der Waals surface area contributed by atoms with Gasteiger partial charge in [0, 0.05) is 39.7 Å². The number of nitrogens with zero attached hydrogens (tertiary/aromatic N) is 2. The Labute approximate surface area is 351 Å². The Hall–Kier alpha value is -7.95. The summed E-state index contributed by atoms with van der Waals surface area (Å²) in [6.07, 6.45) is 9.56. The van der Waals surface area contributed by atoms with Crippen LogP contribution in [-0.2, 0) is 0 Å². The van der Waals surface area contributed by atoms with Gasteiger partial charge in [0.05, 0.1) is 7.11 Å². The van der Waals surface area contributed by atoms with E-state index in [1.165, 1.54) is 21.5 Å². The van der Waals surface area contributed by atoms with Gasteiger partial charge in [-0.05, 0) is 165 Å². The van der Waals surface area contributed by atoms with Crippen LogP contribution in [0.15, 0.2) is 206 Å². The number of hydrogen-bond acceptors (Lipinski definition) is 4. The largest absolute Gasteiger partial charge is 0.497 e. The van der Waals surface area contributed by atoms with Crippen LogP contribution in [0, 0.1) is 0 Å². The number of benzene rings is 9. The van der Waals surface area contributed by atoms with E-state index in [9.17, 15) is 4.79 Å². The minimum absolute atomic E-state index is 0.656. The van der Waals surface area contributed by atoms with E-state index in [4.69, 9.17) is 4.74 Å². The van der Waals surface area contributed by atoms with Crippen molar-refractivity contribution in [2.45, 2.75) is 0 Å². The number of hydrogen-bond donors (Lipinski definition) is 0. The Morgan fingerprint density at radius 1 is 0.333 bits per heavy atom. The van der Waals surface area contributed by atoms with Crippen LogP contribution >= 0.6 is 0 Å². The predicted molar refractivity (Wildman–Crippen MR) is 253 cm³/mol. The van der Waals surface area contributed by atoms with Crippen molar-refractivity contribution in [3.8, 4) is 5.75 Å². The van der Waals surface area contributed by atoms with E-state index in [2.05, 4.69) is 180 Å². The van der Waals surface area contributed by atoms with Crippen molar-refractivity contribution >= 4 is 86.3 Å². The second-order valence-corrected chi connectivity index (χ2v) is 14.7. The number of anilines is 6. The molecule has 0 aromatic heterocycles. The minimum atomic E-state index is 0.656. The minimum Gasteiger partial charge on any atom is -0.497 e. The van der Waals surface area contributed by atoms with Gasteiger partial charge in [0.2, 0.25) is 0 Å². The Morgan fingerprint density at radius 3 is 1.05 bits per heavy atom. The highest BCUT2D eigenvalue weighted by Gasteiger charge is 2.14. The zero-order valence-corrected chi connectivity index (χ0v) is 33.2. The maximum absolute atomic E-state index is 11.3. The van der Waals surface area contributed by atoms with Crippen molar-refractivity contribution in [3.05, 3.63) is 234 Å². The first-order valence-electron chi connectivity index (χ1n) is 20.0. The van der Waals surface area contributed by atoms with Crippen LogP contribution in [0.25, 0.3) is 45.8 Å². The SMILES string of the molecule is COc1ccc(N(c2ccccc2)c2ccc(C=Cc3ccc4cc5cc(C=Cc6ccc(N(c7ccccc7)c7ccc(C=O)cc7)cc6)ccc5cc4c3)cc2)cc1. The number of aldehydes is 1. The number of para-hydroxylation sites is 2. The highest BCUT2D eigenvalue weighted by molar-refractivity contribution is 6.00. The number of fused-ring (bicyclic) bond motifs is 2. The van der Waals surface area contributed by atoms with Gasteiger partial charge in [-0.1, -0.05) is 109 Å². The first kappa shape index (κ1) is 37.6. The molecule has 0 aliphatic heterocycles. The molecule has 0 unspecified atom stereocenters. The lowest BCUT2D eigenvalue weighted by atomic mass is 9.99. The molecule has 60 heavy (non-hydrogen) atoms. The number of methoxy groups -OCH3 is 1. The molecule has 0 amide bonds. The van der Waals surface area contributed by atoms with Crippen LogP contribution in [0.3, 0.4) is 0 Å². The molecule has 4 nitrogen and oxygen atoms in total. The Kier molecular flexibility index (Phi) is 10.8. The Morgan fingerprint density at radius 2 is 0.667 bits per heavy atom. The molecule has 9 aromatic rings. The van der Waals surface area contributed by atoms with Crippen molar-refractivity contribution in [3.63, 3.8) is 0 Å². The first-order chi connectivity index (χ1) is 29.6. The highest BCUT2D eigenvalue weighted by Crippen LogP contribution is 2.37. The first-order valence-corrected chi connectivity index (χ1v) is 20.0. The molecule has 9 rings (SSSR count).